The van der Waals surface area contributed by atoms with Crippen molar-refractivity contribution in [1.29, 1.82) is 0 Å². The van der Waals surface area contributed by atoms with Gasteiger partial charge in [-0.1, -0.05) is 42.5 Å². The van der Waals surface area contributed by atoms with Gasteiger partial charge in [-0.25, -0.2) is 9.97 Å². The summed E-state index contributed by atoms with van der Waals surface area (Å²) in [6, 6.07) is 16.6. The fourth-order valence-corrected chi connectivity index (χ4v) is 2.81. The first kappa shape index (κ1) is 19.8. The number of rotatable bonds is 6. The predicted octanol–water partition coefficient (Wildman–Crippen LogP) is 5.04. The smallest absolute Gasteiger partial charge is 0.324 e. The van der Waals surface area contributed by atoms with Crippen molar-refractivity contribution in [3.05, 3.63) is 83.2 Å². The Morgan fingerprint density at radius 2 is 1.68 bits per heavy atom. The van der Waals surface area contributed by atoms with Crippen molar-refractivity contribution in [3.63, 3.8) is 0 Å². The molecule has 0 radical (unpaired) electrons. The molecular weight excluding hydrogens is 365 g/mol. The lowest BCUT2D eigenvalue weighted by Crippen LogP contribution is -2.14. The first-order valence-corrected chi connectivity index (χ1v) is 8.92. The topological polar surface area (TPSA) is 63.8 Å². The molecule has 0 spiro atoms. The van der Waals surface area contributed by atoms with Crippen LogP contribution in [0.4, 0.5) is 24.8 Å². The predicted molar refractivity (Wildman–Crippen MR) is 103 cm³/mol. The Labute approximate surface area is 161 Å². The molecule has 1 atom stereocenters. The van der Waals surface area contributed by atoms with Gasteiger partial charge in [-0.15, -0.1) is 0 Å². The van der Waals surface area contributed by atoms with Gasteiger partial charge in [0.2, 0.25) is 5.95 Å². The summed E-state index contributed by atoms with van der Waals surface area (Å²) in [5, 5.41) is 2.96. The molecule has 0 saturated carbocycles. The summed E-state index contributed by atoms with van der Waals surface area (Å²) in [5.74, 6) is 0.129. The summed E-state index contributed by atoms with van der Waals surface area (Å²) in [6.07, 6.45) is -3.03. The maximum atomic E-state index is 13.3. The Kier molecular flexibility index (Phi) is 5.94. The van der Waals surface area contributed by atoms with Crippen LogP contribution < -0.4 is 11.1 Å². The molecule has 1 heterocycles. The Hall–Kier alpha value is -2.93. The van der Waals surface area contributed by atoms with E-state index < -0.39 is 11.7 Å². The molecule has 0 fully saturated rings. The number of hydrogen-bond donors (Lipinski definition) is 2. The number of alkyl halides is 3. The molecule has 0 bridgehead atoms. The quantitative estimate of drug-likeness (QED) is 0.623. The van der Waals surface area contributed by atoms with Crippen molar-refractivity contribution in [2.24, 2.45) is 5.73 Å². The van der Waals surface area contributed by atoms with Crippen LogP contribution in [-0.4, -0.2) is 9.97 Å². The van der Waals surface area contributed by atoms with E-state index in [0.29, 0.717) is 12.1 Å². The molecule has 0 saturated heterocycles. The SMILES string of the molecule is CC(N)c1ccc(Nc2ncc(C(F)(F)F)c(CCc3ccccc3)n2)cc1. The highest BCUT2D eigenvalue weighted by molar-refractivity contribution is 5.54. The lowest BCUT2D eigenvalue weighted by molar-refractivity contribution is -0.138. The summed E-state index contributed by atoms with van der Waals surface area (Å²) in [6.45, 7) is 1.88. The van der Waals surface area contributed by atoms with Gasteiger partial charge in [0.25, 0.3) is 0 Å². The van der Waals surface area contributed by atoms with Gasteiger partial charge in [-0.2, -0.15) is 13.2 Å². The fraction of sp³-hybridized carbons (Fsp3) is 0.238. The summed E-state index contributed by atoms with van der Waals surface area (Å²) in [4.78, 5) is 7.99. The van der Waals surface area contributed by atoms with Crippen molar-refractivity contribution in [1.82, 2.24) is 9.97 Å². The molecule has 1 aromatic heterocycles. The monoisotopic (exact) mass is 386 g/mol. The van der Waals surface area contributed by atoms with Crippen molar-refractivity contribution in [3.8, 4) is 0 Å². The largest absolute Gasteiger partial charge is 0.419 e. The van der Waals surface area contributed by atoms with Crippen LogP contribution in [0.5, 0.6) is 0 Å². The average molecular weight is 386 g/mol. The van der Waals surface area contributed by atoms with Gasteiger partial charge in [-0.05, 0) is 43.0 Å². The molecule has 0 aliphatic carbocycles. The number of halogens is 3. The molecular formula is C21H21F3N4. The van der Waals surface area contributed by atoms with Gasteiger partial charge in [-0.3, -0.25) is 0 Å². The second-order valence-electron chi connectivity index (χ2n) is 6.57. The zero-order chi connectivity index (χ0) is 20.1. The highest BCUT2D eigenvalue weighted by atomic mass is 19.4. The number of benzene rings is 2. The van der Waals surface area contributed by atoms with Crippen molar-refractivity contribution >= 4 is 11.6 Å². The third-order valence-corrected chi connectivity index (χ3v) is 4.36. The van der Waals surface area contributed by atoms with E-state index >= 15 is 0 Å². The molecule has 0 aliphatic rings. The minimum Gasteiger partial charge on any atom is -0.324 e. The number of aromatic nitrogens is 2. The summed E-state index contributed by atoms with van der Waals surface area (Å²) >= 11 is 0. The van der Waals surface area contributed by atoms with Crippen LogP contribution in [0.1, 0.15) is 35.3 Å². The fourth-order valence-electron chi connectivity index (χ4n) is 2.81. The maximum Gasteiger partial charge on any atom is 0.419 e. The first-order valence-electron chi connectivity index (χ1n) is 8.92. The maximum absolute atomic E-state index is 13.3. The number of nitrogens with zero attached hydrogens (tertiary/aromatic N) is 2. The molecule has 3 N–H and O–H groups in total. The van der Waals surface area contributed by atoms with Crippen LogP contribution >= 0.6 is 0 Å². The lowest BCUT2D eigenvalue weighted by atomic mass is 10.1. The Morgan fingerprint density at radius 3 is 2.29 bits per heavy atom. The number of hydrogen-bond acceptors (Lipinski definition) is 4. The average Bonchev–Trinajstić information content (AvgIpc) is 2.67. The molecule has 0 amide bonds. The standard InChI is InChI=1S/C21H21F3N4/c1-14(25)16-8-10-17(11-9-16)27-20-26-13-18(21(22,23)24)19(28-20)12-7-15-5-3-2-4-6-15/h2-6,8-11,13-14H,7,12,25H2,1H3,(H,26,27,28). The molecule has 146 valence electrons. The number of aryl methyl sites for hydroxylation is 2. The highest BCUT2D eigenvalue weighted by Crippen LogP contribution is 2.32. The van der Waals surface area contributed by atoms with Gasteiger partial charge in [0.15, 0.2) is 0 Å². The lowest BCUT2D eigenvalue weighted by Gasteiger charge is -2.14. The van der Waals surface area contributed by atoms with E-state index in [1.165, 1.54) is 0 Å². The third kappa shape index (κ3) is 5.07. The highest BCUT2D eigenvalue weighted by Gasteiger charge is 2.34. The van der Waals surface area contributed by atoms with Crippen molar-refractivity contribution in [2.45, 2.75) is 32.0 Å². The molecule has 0 aliphatic heterocycles. The Bertz CT molecular complexity index is 907. The zero-order valence-electron chi connectivity index (χ0n) is 15.4. The van der Waals surface area contributed by atoms with Crippen molar-refractivity contribution < 1.29 is 13.2 Å². The minimum atomic E-state index is -4.50. The molecule has 4 nitrogen and oxygen atoms in total. The van der Waals surface area contributed by atoms with Gasteiger partial charge < -0.3 is 11.1 Å². The molecule has 28 heavy (non-hydrogen) atoms. The molecule has 3 rings (SSSR count). The summed E-state index contributed by atoms with van der Waals surface area (Å²) < 4.78 is 40.0. The summed E-state index contributed by atoms with van der Waals surface area (Å²) in [7, 11) is 0. The van der Waals surface area contributed by atoms with Crippen LogP contribution in [0.2, 0.25) is 0 Å². The van der Waals surface area contributed by atoms with Gasteiger partial charge >= 0.3 is 6.18 Å². The second-order valence-corrected chi connectivity index (χ2v) is 6.57. The summed E-state index contributed by atoms with van der Waals surface area (Å²) in [5.41, 5.74) is 7.59. The van der Waals surface area contributed by atoms with E-state index in [1.807, 2.05) is 49.4 Å². The number of nitrogens with two attached hydrogens (primary N) is 1. The van der Waals surface area contributed by atoms with E-state index in [0.717, 1.165) is 17.3 Å². The third-order valence-electron chi connectivity index (χ3n) is 4.36. The number of anilines is 2. The number of nitrogens with one attached hydrogen (secondary N) is 1. The van der Waals surface area contributed by atoms with Crippen LogP contribution in [0, 0.1) is 0 Å². The van der Waals surface area contributed by atoms with Crippen LogP contribution in [0.15, 0.2) is 60.8 Å². The minimum absolute atomic E-state index is 0.0268. The first-order chi connectivity index (χ1) is 13.3. The van der Waals surface area contributed by atoms with E-state index in [9.17, 15) is 13.2 Å². The van der Waals surface area contributed by atoms with E-state index in [-0.39, 0.29) is 24.1 Å². The zero-order valence-corrected chi connectivity index (χ0v) is 15.4. The molecule has 7 heteroatoms. The van der Waals surface area contributed by atoms with Crippen molar-refractivity contribution in [2.75, 3.05) is 5.32 Å². The normalized spacial score (nSPS) is 12.6. The molecule has 3 aromatic rings. The Balaban J connectivity index is 1.82. The Morgan fingerprint density at radius 1 is 1.00 bits per heavy atom. The molecule has 1 unspecified atom stereocenters. The molecule has 2 aromatic carbocycles. The van der Waals surface area contributed by atoms with Crippen LogP contribution in [0.25, 0.3) is 0 Å². The van der Waals surface area contributed by atoms with E-state index in [1.54, 1.807) is 12.1 Å². The van der Waals surface area contributed by atoms with Crippen LogP contribution in [-0.2, 0) is 19.0 Å². The second kappa shape index (κ2) is 8.39. The van der Waals surface area contributed by atoms with Crippen LogP contribution in [0.3, 0.4) is 0 Å². The van der Waals surface area contributed by atoms with Gasteiger partial charge in [0, 0.05) is 17.9 Å². The van der Waals surface area contributed by atoms with Gasteiger partial charge in [0.05, 0.1) is 11.3 Å². The van der Waals surface area contributed by atoms with Gasteiger partial charge in [0.1, 0.15) is 0 Å². The van der Waals surface area contributed by atoms with E-state index in [4.69, 9.17) is 5.73 Å². The van der Waals surface area contributed by atoms with E-state index in [2.05, 4.69) is 15.3 Å².